The van der Waals surface area contributed by atoms with Crippen LogP contribution in [0, 0.1) is 0 Å². The number of halogens is 12. The monoisotopic (exact) mass is 345 g/mol. The van der Waals surface area contributed by atoms with Crippen molar-refractivity contribution in [2.24, 2.45) is 0 Å². The van der Waals surface area contributed by atoms with E-state index in [2.05, 4.69) is 0 Å². The van der Waals surface area contributed by atoms with Crippen LogP contribution in [0.5, 0.6) is 0 Å². The molecule has 0 aliphatic heterocycles. The van der Waals surface area contributed by atoms with Crippen LogP contribution < -0.4 is 0 Å². The summed E-state index contributed by atoms with van der Waals surface area (Å²) in [6.45, 7) is 0.127. The van der Waals surface area contributed by atoms with Gasteiger partial charge in [0.2, 0.25) is 0 Å². The van der Waals surface area contributed by atoms with Gasteiger partial charge in [0.1, 0.15) is 0 Å². The summed E-state index contributed by atoms with van der Waals surface area (Å²) in [7, 11) is 0. The van der Waals surface area contributed by atoms with E-state index in [4.69, 9.17) is 0 Å². The zero-order chi connectivity index (χ0) is 17.7. The SMILES string of the molecule is CCC(F)(F)C(F)(F)C(F)(F)C(F)(F)C(F)(F)C([O])(F)F. The maximum atomic E-state index is 12.8. The Morgan fingerprint density at radius 3 is 1.10 bits per heavy atom. The van der Waals surface area contributed by atoms with Crippen LogP contribution in [0.25, 0.3) is 0 Å². The highest BCUT2D eigenvalue weighted by atomic mass is 19.4. The van der Waals surface area contributed by atoms with E-state index in [1.54, 1.807) is 0 Å². The van der Waals surface area contributed by atoms with Crippen LogP contribution in [0.1, 0.15) is 13.3 Å². The Hall–Kier alpha value is -0.880. The fourth-order valence-electron chi connectivity index (χ4n) is 1.03. The molecule has 0 bridgehead atoms. The average molecular weight is 345 g/mol. The summed E-state index contributed by atoms with van der Waals surface area (Å²) in [6, 6.07) is 0. The second-order valence-corrected chi connectivity index (χ2v) is 3.87. The molecule has 0 saturated heterocycles. The molecule has 127 valence electrons. The standard InChI is InChI=1S/C8H5F12O/c1-2-3(9,10)4(11,12)5(13,14)6(15,16)7(17,18)8(19,20)21/h2H2,1H3. The summed E-state index contributed by atoms with van der Waals surface area (Å²) < 4.78 is 150. The van der Waals surface area contributed by atoms with Gasteiger partial charge in [-0.25, -0.2) is 0 Å². The van der Waals surface area contributed by atoms with Gasteiger partial charge in [0.15, 0.2) is 0 Å². The van der Waals surface area contributed by atoms with Crippen molar-refractivity contribution in [1.29, 1.82) is 0 Å². The Morgan fingerprint density at radius 2 is 0.857 bits per heavy atom. The minimum absolute atomic E-state index is 0.127. The minimum atomic E-state index is -7.74. The second-order valence-electron chi connectivity index (χ2n) is 3.87. The van der Waals surface area contributed by atoms with Crippen molar-refractivity contribution in [3.63, 3.8) is 0 Å². The fraction of sp³-hybridized carbons (Fsp3) is 1.00. The van der Waals surface area contributed by atoms with E-state index in [-0.39, 0.29) is 6.92 Å². The molecular formula is C8H5F12O. The molecule has 0 heterocycles. The lowest BCUT2D eigenvalue weighted by Gasteiger charge is -2.39. The normalized spacial score (nSPS) is 16.3. The predicted molar refractivity (Wildman–Crippen MR) is 40.7 cm³/mol. The van der Waals surface area contributed by atoms with E-state index in [9.17, 15) is 57.8 Å². The third-order valence-electron chi connectivity index (χ3n) is 2.45. The van der Waals surface area contributed by atoms with Crippen LogP contribution in [0.15, 0.2) is 0 Å². The van der Waals surface area contributed by atoms with Gasteiger partial charge in [0, 0.05) is 6.42 Å². The van der Waals surface area contributed by atoms with Gasteiger partial charge in [-0.3, -0.25) is 0 Å². The largest absolute Gasteiger partial charge is 0.452 e. The highest BCUT2D eigenvalue weighted by Crippen LogP contribution is 2.60. The molecule has 0 N–H and O–H groups in total. The molecule has 0 aromatic heterocycles. The van der Waals surface area contributed by atoms with Crippen molar-refractivity contribution in [1.82, 2.24) is 0 Å². The molecule has 21 heavy (non-hydrogen) atoms. The van der Waals surface area contributed by atoms with Gasteiger partial charge in [-0.2, -0.15) is 57.8 Å². The molecular weight excluding hydrogens is 340 g/mol. The highest BCUT2D eigenvalue weighted by Gasteiger charge is 2.90. The Labute approximate surface area is 108 Å². The van der Waals surface area contributed by atoms with Crippen LogP contribution in [0.3, 0.4) is 0 Å². The van der Waals surface area contributed by atoms with E-state index < -0.39 is 42.1 Å². The molecule has 0 atom stereocenters. The number of hydrogen-bond donors (Lipinski definition) is 0. The molecule has 13 heteroatoms. The minimum Gasteiger partial charge on any atom is -0.200 e. The first-order valence-electron chi connectivity index (χ1n) is 4.78. The molecule has 0 amide bonds. The topological polar surface area (TPSA) is 19.9 Å². The van der Waals surface area contributed by atoms with Crippen LogP contribution in [-0.2, 0) is 5.11 Å². The van der Waals surface area contributed by atoms with E-state index in [1.165, 1.54) is 0 Å². The summed E-state index contributed by atoms with van der Waals surface area (Å²) in [5, 5.41) is 9.54. The van der Waals surface area contributed by atoms with Crippen molar-refractivity contribution in [2.45, 2.75) is 49.1 Å². The second kappa shape index (κ2) is 4.81. The Kier molecular flexibility index (Phi) is 4.61. The third kappa shape index (κ3) is 2.52. The van der Waals surface area contributed by atoms with E-state index in [0.29, 0.717) is 0 Å². The Bertz CT molecular complexity index is 381. The first-order valence-corrected chi connectivity index (χ1v) is 4.78. The quantitative estimate of drug-likeness (QED) is 0.628. The lowest BCUT2D eigenvalue weighted by atomic mass is 9.93. The summed E-state index contributed by atoms with van der Waals surface area (Å²) in [5.41, 5.74) is 0. The molecule has 0 saturated carbocycles. The van der Waals surface area contributed by atoms with Crippen molar-refractivity contribution in [2.75, 3.05) is 0 Å². The summed E-state index contributed by atoms with van der Waals surface area (Å²) in [6.07, 6.45) is -9.30. The molecule has 0 rings (SSSR count). The van der Waals surface area contributed by atoms with Gasteiger partial charge in [-0.1, -0.05) is 6.92 Å². The Balaban J connectivity index is 6.14. The van der Waals surface area contributed by atoms with E-state index in [0.717, 1.165) is 0 Å². The summed E-state index contributed by atoms with van der Waals surface area (Å²) in [5.74, 6) is -36.0. The zero-order valence-corrected chi connectivity index (χ0v) is 9.65. The molecule has 0 aromatic carbocycles. The first kappa shape index (κ1) is 20.1. The number of hydrogen-bond acceptors (Lipinski definition) is 0. The number of alkyl halides is 12. The fourth-order valence-corrected chi connectivity index (χ4v) is 1.03. The molecule has 1 radical (unpaired) electrons. The molecule has 1 nitrogen and oxygen atoms in total. The van der Waals surface area contributed by atoms with Gasteiger partial charge < -0.3 is 0 Å². The molecule has 0 aromatic rings. The molecule has 0 fully saturated rings. The lowest BCUT2D eigenvalue weighted by molar-refractivity contribution is -0.461. The van der Waals surface area contributed by atoms with Gasteiger partial charge in [0.05, 0.1) is 0 Å². The van der Waals surface area contributed by atoms with E-state index in [1.807, 2.05) is 0 Å². The molecule has 0 aliphatic carbocycles. The lowest BCUT2D eigenvalue weighted by Crippen LogP contribution is -2.70. The third-order valence-corrected chi connectivity index (χ3v) is 2.45. The van der Waals surface area contributed by atoms with Crippen LogP contribution in [0.2, 0.25) is 0 Å². The van der Waals surface area contributed by atoms with Crippen LogP contribution in [-0.4, -0.2) is 35.7 Å². The van der Waals surface area contributed by atoms with Crippen molar-refractivity contribution in [3.8, 4) is 0 Å². The highest BCUT2D eigenvalue weighted by molar-refractivity contribution is 5.09. The van der Waals surface area contributed by atoms with Crippen molar-refractivity contribution >= 4 is 0 Å². The maximum absolute atomic E-state index is 12.8. The van der Waals surface area contributed by atoms with Gasteiger partial charge >= 0.3 is 35.7 Å². The molecule has 0 aliphatic rings. The summed E-state index contributed by atoms with van der Waals surface area (Å²) in [4.78, 5) is 0. The molecule has 0 spiro atoms. The summed E-state index contributed by atoms with van der Waals surface area (Å²) >= 11 is 0. The Morgan fingerprint density at radius 1 is 0.571 bits per heavy atom. The molecule has 0 unspecified atom stereocenters. The van der Waals surface area contributed by atoms with Gasteiger partial charge in [-0.05, 0) is 0 Å². The smallest absolute Gasteiger partial charge is 0.200 e. The maximum Gasteiger partial charge on any atom is 0.452 e. The predicted octanol–water partition coefficient (Wildman–Crippen LogP) is 4.60. The van der Waals surface area contributed by atoms with Gasteiger partial charge in [-0.15, -0.1) is 0 Å². The van der Waals surface area contributed by atoms with Crippen LogP contribution in [0.4, 0.5) is 52.7 Å². The first-order chi connectivity index (χ1) is 8.81. The van der Waals surface area contributed by atoms with Crippen molar-refractivity contribution in [3.05, 3.63) is 0 Å². The van der Waals surface area contributed by atoms with Gasteiger partial charge in [0.25, 0.3) is 0 Å². The van der Waals surface area contributed by atoms with Crippen molar-refractivity contribution < 1.29 is 57.8 Å². The zero-order valence-electron chi connectivity index (χ0n) is 9.65. The number of rotatable bonds is 6. The van der Waals surface area contributed by atoms with E-state index >= 15 is 0 Å². The average Bonchev–Trinajstić information content (AvgIpc) is 2.26. The van der Waals surface area contributed by atoms with Crippen LogP contribution >= 0.6 is 0 Å².